The lowest BCUT2D eigenvalue weighted by Gasteiger charge is -2.42. The second-order valence-electron chi connectivity index (χ2n) is 6.89. The molecule has 1 saturated heterocycles. The third kappa shape index (κ3) is 2.87. The van der Waals surface area contributed by atoms with E-state index in [1.54, 1.807) is 24.3 Å². The fraction of sp³-hybridized carbons (Fsp3) is 0.174. The zero-order valence-corrected chi connectivity index (χ0v) is 14.7. The molecule has 1 spiro atoms. The summed E-state index contributed by atoms with van der Waals surface area (Å²) in [5.74, 6) is 0.0808. The number of carbonyl (C=O) groups is 1. The van der Waals surface area contributed by atoms with Gasteiger partial charge in [0.05, 0.1) is 18.2 Å². The Bertz CT molecular complexity index is 959. The number of hydrogen-bond donors (Lipinski definition) is 1. The van der Waals surface area contributed by atoms with Gasteiger partial charge in [0.1, 0.15) is 0 Å². The van der Waals surface area contributed by atoms with Gasteiger partial charge >= 0.3 is 0 Å². The number of nitriles is 1. The van der Waals surface area contributed by atoms with E-state index in [9.17, 15) is 4.79 Å². The SMILES string of the molecule is [C-]#[N+]c1ccc(/C=C2/C(=O)/C(=C/c3ccc(C#N)cc3)C23CCNC3)cc1. The summed E-state index contributed by atoms with van der Waals surface area (Å²) >= 11 is 0. The Balaban J connectivity index is 1.70. The van der Waals surface area contributed by atoms with Crippen molar-refractivity contribution in [3.63, 3.8) is 0 Å². The molecule has 130 valence electrons. The Morgan fingerprint density at radius 1 is 1.04 bits per heavy atom. The molecule has 0 amide bonds. The van der Waals surface area contributed by atoms with Crippen LogP contribution in [0.5, 0.6) is 0 Å². The first-order valence-corrected chi connectivity index (χ1v) is 8.84. The molecule has 1 N–H and O–H groups in total. The molecule has 2 aromatic carbocycles. The molecule has 0 aromatic heterocycles. The third-order valence-corrected chi connectivity index (χ3v) is 5.36. The molecule has 2 aliphatic rings. The number of hydrogen-bond acceptors (Lipinski definition) is 3. The van der Waals surface area contributed by atoms with Gasteiger partial charge in [-0.05, 0) is 48.4 Å². The predicted molar refractivity (Wildman–Crippen MR) is 105 cm³/mol. The van der Waals surface area contributed by atoms with Gasteiger partial charge in [-0.25, -0.2) is 4.85 Å². The van der Waals surface area contributed by atoms with Crippen molar-refractivity contribution in [1.29, 1.82) is 5.26 Å². The van der Waals surface area contributed by atoms with Crippen LogP contribution in [0.1, 0.15) is 23.1 Å². The number of carbonyl (C=O) groups excluding carboxylic acids is 1. The normalized spacial score (nSPS) is 24.0. The van der Waals surface area contributed by atoms with E-state index in [2.05, 4.69) is 16.2 Å². The summed E-state index contributed by atoms with van der Waals surface area (Å²) in [4.78, 5) is 16.3. The van der Waals surface area contributed by atoms with Gasteiger partial charge in [-0.3, -0.25) is 4.79 Å². The molecular formula is C23H17N3O. The van der Waals surface area contributed by atoms with Crippen molar-refractivity contribution in [1.82, 2.24) is 5.32 Å². The summed E-state index contributed by atoms with van der Waals surface area (Å²) in [6.45, 7) is 8.68. The maximum absolute atomic E-state index is 12.9. The molecule has 4 rings (SSSR count). The van der Waals surface area contributed by atoms with Crippen molar-refractivity contribution < 1.29 is 4.79 Å². The second-order valence-corrected chi connectivity index (χ2v) is 6.89. The first-order chi connectivity index (χ1) is 13.2. The Hall–Kier alpha value is -3.47. The molecule has 1 aliphatic heterocycles. The highest BCUT2D eigenvalue weighted by Gasteiger charge is 2.54. The Morgan fingerprint density at radius 2 is 1.63 bits per heavy atom. The number of nitrogens with one attached hydrogen (secondary N) is 1. The van der Waals surface area contributed by atoms with Gasteiger partial charge in [0.15, 0.2) is 11.5 Å². The van der Waals surface area contributed by atoms with Crippen LogP contribution in [0.2, 0.25) is 0 Å². The van der Waals surface area contributed by atoms with Crippen LogP contribution in [0.4, 0.5) is 5.69 Å². The van der Waals surface area contributed by atoms with Crippen LogP contribution < -0.4 is 5.32 Å². The third-order valence-electron chi connectivity index (χ3n) is 5.36. The fourth-order valence-corrected chi connectivity index (χ4v) is 3.85. The molecular weight excluding hydrogens is 334 g/mol. The topological polar surface area (TPSA) is 57.2 Å². The van der Waals surface area contributed by atoms with Gasteiger partial charge < -0.3 is 5.32 Å². The minimum Gasteiger partial charge on any atom is -0.315 e. The lowest BCUT2D eigenvalue weighted by Crippen LogP contribution is -2.45. The first-order valence-electron chi connectivity index (χ1n) is 8.84. The fourth-order valence-electron chi connectivity index (χ4n) is 3.85. The van der Waals surface area contributed by atoms with Crippen LogP contribution in [-0.2, 0) is 4.79 Å². The van der Waals surface area contributed by atoms with Crippen molar-refractivity contribution in [2.24, 2.45) is 5.41 Å². The highest BCUT2D eigenvalue weighted by Crippen LogP contribution is 2.53. The molecule has 1 unspecified atom stereocenters. The summed E-state index contributed by atoms with van der Waals surface area (Å²) in [6, 6.07) is 16.7. The molecule has 1 atom stereocenters. The average Bonchev–Trinajstić information content (AvgIpc) is 3.23. The van der Waals surface area contributed by atoms with E-state index in [0.29, 0.717) is 11.3 Å². The molecule has 0 bridgehead atoms. The Morgan fingerprint density at radius 3 is 2.11 bits per heavy atom. The van der Waals surface area contributed by atoms with Gasteiger partial charge in [-0.2, -0.15) is 5.26 Å². The quantitative estimate of drug-likeness (QED) is 0.653. The molecule has 1 aliphatic carbocycles. The molecule has 1 heterocycles. The van der Waals surface area contributed by atoms with Crippen LogP contribution in [0, 0.1) is 23.3 Å². The smallest absolute Gasteiger partial charge is 0.187 e. The molecule has 1 saturated carbocycles. The number of rotatable bonds is 2. The largest absolute Gasteiger partial charge is 0.315 e. The molecule has 2 fully saturated rings. The van der Waals surface area contributed by atoms with Gasteiger partial charge in [-0.1, -0.05) is 36.4 Å². The summed E-state index contributed by atoms with van der Waals surface area (Å²) in [5.41, 5.74) is 4.50. The van der Waals surface area contributed by atoms with E-state index in [1.807, 2.05) is 36.4 Å². The Kier molecular flexibility index (Phi) is 4.20. The number of nitrogens with zero attached hydrogens (tertiary/aromatic N) is 2. The minimum absolute atomic E-state index is 0.0808. The zero-order valence-electron chi connectivity index (χ0n) is 14.7. The molecule has 27 heavy (non-hydrogen) atoms. The van der Waals surface area contributed by atoms with Crippen molar-refractivity contribution in [3.05, 3.63) is 87.8 Å². The lowest BCUT2D eigenvalue weighted by atomic mass is 9.58. The maximum atomic E-state index is 12.9. The van der Waals surface area contributed by atoms with Gasteiger partial charge in [-0.15, -0.1) is 0 Å². The van der Waals surface area contributed by atoms with E-state index in [0.717, 1.165) is 41.8 Å². The summed E-state index contributed by atoms with van der Waals surface area (Å²) in [7, 11) is 0. The van der Waals surface area contributed by atoms with E-state index in [1.165, 1.54) is 0 Å². The average molecular weight is 351 g/mol. The van der Waals surface area contributed by atoms with E-state index in [-0.39, 0.29) is 11.2 Å². The zero-order chi connectivity index (χ0) is 18.9. The van der Waals surface area contributed by atoms with Gasteiger partial charge in [0, 0.05) is 23.1 Å². The van der Waals surface area contributed by atoms with E-state index >= 15 is 0 Å². The predicted octanol–water partition coefficient (Wildman–Crippen LogP) is 4.14. The van der Waals surface area contributed by atoms with E-state index < -0.39 is 0 Å². The van der Waals surface area contributed by atoms with Crippen molar-refractivity contribution in [2.75, 3.05) is 13.1 Å². The number of ketones is 1. The number of benzene rings is 2. The molecule has 4 heteroatoms. The Labute approximate surface area is 158 Å². The summed E-state index contributed by atoms with van der Waals surface area (Å²) < 4.78 is 0. The summed E-state index contributed by atoms with van der Waals surface area (Å²) in [6.07, 6.45) is 4.81. The second kappa shape index (κ2) is 6.68. The molecule has 4 nitrogen and oxygen atoms in total. The lowest BCUT2D eigenvalue weighted by molar-refractivity contribution is -0.117. The van der Waals surface area contributed by atoms with Crippen LogP contribution >= 0.6 is 0 Å². The van der Waals surface area contributed by atoms with Gasteiger partial charge in [0.2, 0.25) is 0 Å². The van der Waals surface area contributed by atoms with Crippen LogP contribution in [0.15, 0.2) is 59.7 Å². The first kappa shape index (κ1) is 17.0. The molecule has 2 aromatic rings. The van der Waals surface area contributed by atoms with Crippen molar-refractivity contribution in [2.45, 2.75) is 6.42 Å². The minimum atomic E-state index is -0.247. The van der Waals surface area contributed by atoms with Gasteiger partial charge in [0.25, 0.3) is 0 Å². The van der Waals surface area contributed by atoms with E-state index in [4.69, 9.17) is 11.8 Å². The number of Topliss-reactive ketones (excluding diaryl/α,β-unsaturated/α-hetero) is 1. The van der Waals surface area contributed by atoms with Crippen molar-refractivity contribution in [3.8, 4) is 6.07 Å². The van der Waals surface area contributed by atoms with Crippen LogP contribution in [-0.4, -0.2) is 18.9 Å². The van der Waals surface area contributed by atoms with Crippen LogP contribution in [0.25, 0.3) is 17.0 Å². The van der Waals surface area contributed by atoms with Crippen LogP contribution in [0.3, 0.4) is 0 Å². The molecule has 0 radical (unpaired) electrons. The van der Waals surface area contributed by atoms with Crippen molar-refractivity contribution >= 4 is 23.6 Å². The highest BCUT2D eigenvalue weighted by atomic mass is 16.1. The summed E-state index contributed by atoms with van der Waals surface area (Å²) in [5, 5.41) is 12.3. The standard InChI is InChI=1S/C23H17N3O/c1-25-19-8-6-17(7-9-19)13-21-22(27)20(23(21)10-11-26-15-23)12-16-2-4-18(14-24)5-3-16/h2-9,12-13,26H,10-11,15H2/b20-12-,21-13-. The maximum Gasteiger partial charge on any atom is 0.187 e. The monoisotopic (exact) mass is 351 g/mol. The highest BCUT2D eigenvalue weighted by molar-refractivity contribution is 6.24.